The molecular weight excluding hydrogens is 351 g/mol. The molecule has 1 aliphatic rings. The monoisotopic (exact) mass is 364 g/mol. The van der Waals surface area contributed by atoms with Gasteiger partial charge in [-0.05, 0) is 19.2 Å². The zero-order valence-corrected chi connectivity index (χ0v) is 13.6. The summed E-state index contributed by atoms with van der Waals surface area (Å²) in [4.78, 5) is 13.2. The molecule has 1 aromatic carbocycles. The van der Waals surface area contributed by atoms with E-state index in [4.69, 9.17) is 0 Å². The van der Waals surface area contributed by atoms with E-state index in [0.717, 1.165) is 26.2 Å². The average molecular weight is 365 g/mol. The summed E-state index contributed by atoms with van der Waals surface area (Å²) in [5, 5.41) is 4.93. The summed E-state index contributed by atoms with van der Waals surface area (Å²) in [7, 11) is 2.09. The Morgan fingerprint density at radius 3 is 2.73 bits per heavy atom. The van der Waals surface area contributed by atoms with Crippen LogP contribution < -0.4 is 4.90 Å². The summed E-state index contributed by atoms with van der Waals surface area (Å²) >= 11 is 3.32. The first-order valence-corrected chi connectivity index (χ1v) is 7.85. The standard InChI is InChI=1S/C14H14BrFN6/c1-20-2-4-21(5-3-20)14-19-12-10(6-9(15)7-11(12)16)13-17-8-18-22(13)14/h6-8H,2-5H2,1H3. The summed E-state index contributed by atoms with van der Waals surface area (Å²) in [6, 6.07) is 3.25. The molecule has 2 aromatic heterocycles. The first-order valence-electron chi connectivity index (χ1n) is 7.05. The van der Waals surface area contributed by atoms with Gasteiger partial charge in [-0.3, -0.25) is 0 Å². The van der Waals surface area contributed by atoms with Gasteiger partial charge in [-0.25, -0.2) is 14.4 Å². The molecular formula is C14H14BrFN6. The molecule has 4 rings (SSSR count). The van der Waals surface area contributed by atoms with E-state index in [2.05, 4.69) is 47.8 Å². The average Bonchev–Trinajstić information content (AvgIpc) is 2.97. The van der Waals surface area contributed by atoms with E-state index in [9.17, 15) is 4.39 Å². The molecule has 3 heterocycles. The lowest BCUT2D eigenvalue weighted by molar-refractivity contribution is 0.310. The van der Waals surface area contributed by atoms with Crippen molar-refractivity contribution < 1.29 is 4.39 Å². The highest BCUT2D eigenvalue weighted by molar-refractivity contribution is 9.10. The van der Waals surface area contributed by atoms with Crippen molar-refractivity contribution in [1.82, 2.24) is 24.5 Å². The molecule has 0 atom stereocenters. The van der Waals surface area contributed by atoms with Crippen molar-refractivity contribution in [3.05, 3.63) is 28.7 Å². The van der Waals surface area contributed by atoms with E-state index in [-0.39, 0.29) is 5.82 Å². The fraction of sp³-hybridized carbons (Fsp3) is 0.357. The minimum atomic E-state index is -0.356. The predicted molar refractivity (Wildman–Crippen MR) is 85.7 cm³/mol. The number of anilines is 1. The Balaban J connectivity index is 1.95. The van der Waals surface area contributed by atoms with E-state index in [0.29, 0.717) is 27.0 Å². The maximum atomic E-state index is 14.3. The van der Waals surface area contributed by atoms with Gasteiger partial charge in [0, 0.05) is 36.0 Å². The van der Waals surface area contributed by atoms with Crippen LogP contribution in [0.5, 0.6) is 0 Å². The van der Waals surface area contributed by atoms with Crippen molar-refractivity contribution in [3.8, 4) is 0 Å². The van der Waals surface area contributed by atoms with Gasteiger partial charge >= 0.3 is 0 Å². The van der Waals surface area contributed by atoms with E-state index in [1.807, 2.05) is 6.07 Å². The number of likely N-dealkylation sites (N-methyl/N-ethyl adjacent to an activating group) is 1. The van der Waals surface area contributed by atoms with E-state index in [1.54, 1.807) is 4.52 Å². The van der Waals surface area contributed by atoms with Crippen LogP contribution in [-0.4, -0.2) is 57.7 Å². The largest absolute Gasteiger partial charge is 0.338 e. The van der Waals surface area contributed by atoms with Crippen LogP contribution in [0.1, 0.15) is 0 Å². The first-order chi connectivity index (χ1) is 10.6. The Hall–Kier alpha value is -1.80. The molecule has 0 unspecified atom stereocenters. The Morgan fingerprint density at radius 1 is 1.18 bits per heavy atom. The smallest absolute Gasteiger partial charge is 0.229 e. The van der Waals surface area contributed by atoms with Crippen LogP contribution in [0.25, 0.3) is 16.6 Å². The Morgan fingerprint density at radius 2 is 1.95 bits per heavy atom. The maximum Gasteiger partial charge on any atom is 0.229 e. The second-order valence-corrected chi connectivity index (χ2v) is 6.40. The fourth-order valence-corrected chi connectivity index (χ4v) is 3.21. The molecule has 0 spiro atoms. The third-order valence-corrected chi connectivity index (χ3v) is 4.46. The second kappa shape index (κ2) is 5.13. The zero-order valence-electron chi connectivity index (χ0n) is 12.0. The van der Waals surface area contributed by atoms with E-state index in [1.165, 1.54) is 12.4 Å². The number of hydrogen-bond acceptors (Lipinski definition) is 5. The normalized spacial score (nSPS) is 16.8. The lowest BCUT2D eigenvalue weighted by Crippen LogP contribution is -2.45. The predicted octanol–water partition coefficient (Wildman–Crippen LogP) is 1.93. The van der Waals surface area contributed by atoms with Gasteiger partial charge in [0.05, 0.1) is 0 Å². The number of hydrogen-bond donors (Lipinski definition) is 0. The van der Waals surface area contributed by atoms with E-state index < -0.39 is 0 Å². The minimum Gasteiger partial charge on any atom is -0.338 e. The zero-order chi connectivity index (χ0) is 15.3. The summed E-state index contributed by atoms with van der Waals surface area (Å²) in [5.74, 6) is 0.291. The number of rotatable bonds is 1. The number of piperazine rings is 1. The van der Waals surface area contributed by atoms with Crippen LogP contribution in [0.2, 0.25) is 0 Å². The van der Waals surface area contributed by atoms with Crippen LogP contribution in [-0.2, 0) is 0 Å². The molecule has 1 fully saturated rings. The molecule has 8 heteroatoms. The van der Waals surface area contributed by atoms with Gasteiger partial charge in [0.2, 0.25) is 5.95 Å². The third kappa shape index (κ3) is 2.14. The molecule has 22 heavy (non-hydrogen) atoms. The molecule has 0 amide bonds. The Labute approximate surface area is 134 Å². The number of halogens is 2. The lowest BCUT2D eigenvalue weighted by atomic mass is 10.2. The lowest BCUT2D eigenvalue weighted by Gasteiger charge is -2.33. The molecule has 1 aliphatic heterocycles. The quantitative estimate of drug-likeness (QED) is 0.660. The number of benzene rings is 1. The number of nitrogens with zero attached hydrogens (tertiary/aromatic N) is 6. The van der Waals surface area contributed by atoms with Crippen molar-refractivity contribution in [2.45, 2.75) is 0 Å². The highest BCUT2D eigenvalue weighted by Gasteiger charge is 2.21. The highest BCUT2D eigenvalue weighted by Crippen LogP contribution is 2.27. The summed E-state index contributed by atoms with van der Waals surface area (Å²) < 4.78 is 16.7. The van der Waals surface area contributed by atoms with Gasteiger partial charge in [-0.15, -0.1) is 0 Å². The minimum absolute atomic E-state index is 0.331. The molecule has 3 aromatic rings. The van der Waals surface area contributed by atoms with Crippen LogP contribution >= 0.6 is 15.9 Å². The van der Waals surface area contributed by atoms with Gasteiger partial charge < -0.3 is 9.80 Å². The van der Waals surface area contributed by atoms with Gasteiger partial charge in [0.1, 0.15) is 11.8 Å². The number of fused-ring (bicyclic) bond motifs is 3. The highest BCUT2D eigenvalue weighted by atomic mass is 79.9. The van der Waals surface area contributed by atoms with Crippen LogP contribution in [0.3, 0.4) is 0 Å². The van der Waals surface area contributed by atoms with Crippen LogP contribution in [0.15, 0.2) is 22.9 Å². The van der Waals surface area contributed by atoms with Gasteiger partial charge in [-0.1, -0.05) is 15.9 Å². The van der Waals surface area contributed by atoms with Crippen molar-refractivity contribution in [2.24, 2.45) is 0 Å². The summed E-state index contributed by atoms with van der Waals surface area (Å²) in [6.45, 7) is 3.56. The van der Waals surface area contributed by atoms with E-state index >= 15 is 0 Å². The van der Waals surface area contributed by atoms with Crippen molar-refractivity contribution in [3.63, 3.8) is 0 Å². The molecule has 0 bridgehead atoms. The number of aromatic nitrogens is 4. The van der Waals surface area contributed by atoms with Crippen LogP contribution in [0.4, 0.5) is 10.3 Å². The molecule has 0 saturated carbocycles. The van der Waals surface area contributed by atoms with Gasteiger partial charge in [0.15, 0.2) is 11.5 Å². The SMILES string of the molecule is CN1CCN(c2nc3c(F)cc(Br)cc3c3ncnn23)CC1. The van der Waals surface area contributed by atoms with Gasteiger partial charge in [-0.2, -0.15) is 9.61 Å². The Bertz CT molecular complexity index is 855. The third-order valence-electron chi connectivity index (χ3n) is 4.00. The first kappa shape index (κ1) is 13.8. The molecule has 6 nitrogen and oxygen atoms in total. The fourth-order valence-electron chi connectivity index (χ4n) is 2.78. The second-order valence-electron chi connectivity index (χ2n) is 5.48. The summed E-state index contributed by atoms with van der Waals surface area (Å²) in [6.07, 6.45) is 1.48. The molecule has 0 N–H and O–H groups in total. The van der Waals surface area contributed by atoms with Crippen LogP contribution in [0, 0.1) is 5.82 Å². The Kier molecular flexibility index (Phi) is 3.23. The maximum absolute atomic E-state index is 14.3. The molecule has 0 radical (unpaired) electrons. The molecule has 114 valence electrons. The molecule has 1 saturated heterocycles. The topological polar surface area (TPSA) is 49.6 Å². The molecule has 0 aliphatic carbocycles. The van der Waals surface area contributed by atoms with Gasteiger partial charge in [0.25, 0.3) is 0 Å². The van der Waals surface area contributed by atoms with Crippen molar-refractivity contribution >= 4 is 38.4 Å². The summed E-state index contributed by atoms with van der Waals surface area (Å²) in [5.41, 5.74) is 0.955. The van der Waals surface area contributed by atoms with Crippen molar-refractivity contribution in [2.75, 3.05) is 38.1 Å². The van der Waals surface area contributed by atoms with Crippen molar-refractivity contribution in [1.29, 1.82) is 0 Å².